The van der Waals surface area contributed by atoms with Gasteiger partial charge in [0.25, 0.3) is 0 Å². The summed E-state index contributed by atoms with van der Waals surface area (Å²) in [5, 5.41) is 77.9. The van der Waals surface area contributed by atoms with E-state index in [1.54, 1.807) is 0 Å². The Hall–Kier alpha value is 6.48. The van der Waals surface area contributed by atoms with Crippen LogP contribution >= 0.6 is 0 Å². The fraction of sp³-hybridized carbons (Fsp3) is 0.500. The van der Waals surface area contributed by atoms with Gasteiger partial charge in [0.1, 0.15) is 11.2 Å². The SMILES string of the molecule is O.O.O=C([O-])CC(O)(CC(=O)[O-])C(=O)[O-].O=C([O-])CC(O)(CC(=O)[O-])C(=O)[O-].[K+].[K+].[K+].[K+].[K+].[K+]. The Bertz CT molecular complexity index is 531. The van der Waals surface area contributed by atoms with Gasteiger partial charge < -0.3 is 80.6 Å². The molecule has 0 heterocycles. The van der Waals surface area contributed by atoms with Crippen LogP contribution in [0.2, 0.25) is 0 Å². The first-order valence-electron chi connectivity index (χ1n) is 6.23. The minimum atomic E-state index is -2.97. The van der Waals surface area contributed by atoms with Crippen molar-refractivity contribution in [1.29, 1.82) is 0 Å². The standard InChI is InChI=1S/2C6H8O7.6K.2H2O/c2*7-3(8)1-6(13,5(11)12)2-4(9)10;;;;;;;;/h2*13H,1-2H2,(H,7,8)(H,9,10)(H,11,12);;;;;;;2*1H2/q;;6*+1;;/p-6. The molecule has 0 aliphatic carbocycles. The third-order valence-corrected chi connectivity index (χ3v) is 2.51. The molecule has 0 amide bonds. The molecule has 0 fully saturated rings. The minimum absolute atomic E-state index is 0. The van der Waals surface area contributed by atoms with E-state index in [4.69, 9.17) is 10.2 Å². The fourth-order valence-corrected chi connectivity index (χ4v) is 1.37. The smallest absolute Gasteiger partial charge is 0.550 e. The van der Waals surface area contributed by atoms with Crippen molar-refractivity contribution in [2.45, 2.75) is 36.9 Å². The van der Waals surface area contributed by atoms with Crippen molar-refractivity contribution in [3.63, 3.8) is 0 Å². The van der Waals surface area contributed by atoms with E-state index in [1.807, 2.05) is 0 Å². The number of hydrogen-bond donors (Lipinski definition) is 2. The van der Waals surface area contributed by atoms with Crippen LogP contribution in [0.15, 0.2) is 0 Å². The maximum absolute atomic E-state index is 10.1. The van der Waals surface area contributed by atoms with Crippen LogP contribution in [0.1, 0.15) is 25.7 Å². The molecule has 0 atom stereocenters. The van der Waals surface area contributed by atoms with Gasteiger partial charge in [-0.1, -0.05) is 0 Å². The van der Waals surface area contributed by atoms with E-state index in [9.17, 15) is 59.4 Å². The van der Waals surface area contributed by atoms with Crippen molar-refractivity contribution in [3.8, 4) is 0 Å². The molecular formula is C12H14K6O16. The van der Waals surface area contributed by atoms with E-state index in [-0.39, 0.29) is 319 Å². The fourth-order valence-electron chi connectivity index (χ4n) is 1.37. The molecule has 0 aliphatic rings. The summed E-state index contributed by atoms with van der Waals surface area (Å²) >= 11 is 0. The second-order valence-electron chi connectivity index (χ2n) is 4.83. The second-order valence-corrected chi connectivity index (χ2v) is 4.83. The van der Waals surface area contributed by atoms with Gasteiger partial charge in [0.15, 0.2) is 0 Å². The summed E-state index contributed by atoms with van der Waals surface area (Å²) < 4.78 is 0. The summed E-state index contributed by atoms with van der Waals surface area (Å²) in [6.45, 7) is 0. The Morgan fingerprint density at radius 2 is 0.559 bits per heavy atom. The largest absolute Gasteiger partial charge is 1.00 e. The predicted molar refractivity (Wildman–Crippen MR) is 65.6 cm³/mol. The van der Waals surface area contributed by atoms with E-state index < -0.39 is 72.7 Å². The number of aliphatic carboxylic acids is 6. The normalized spacial score (nSPS) is 8.29. The van der Waals surface area contributed by atoms with Gasteiger partial charge in [-0.05, 0) is 0 Å². The van der Waals surface area contributed by atoms with Gasteiger partial charge in [0.05, 0.1) is 11.9 Å². The van der Waals surface area contributed by atoms with Crippen molar-refractivity contribution in [2.75, 3.05) is 0 Å². The molecule has 0 aromatic heterocycles. The molecule has 0 radical (unpaired) electrons. The van der Waals surface area contributed by atoms with Crippen LogP contribution in [-0.4, -0.2) is 68.2 Å². The summed E-state index contributed by atoms with van der Waals surface area (Å²) in [4.78, 5) is 60.0. The topological polar surface area (TPSA) is 344 Å². The maximum atomic E-state index is 10.1. The average Bonchev–Trinajstić information content (AvgIpc) is 2.34. The zero-order valence-electron chi connectivity index (χ0n) is 19.6. The first-order chi connectivity index (χ1) is 11.6. The number of hydrogen-bond acceptors (Lipinski definition) is 14. The summed E-state index contributed by atoms with van der Waals surface area (Å²) in [7, 11) is 0. The van der Waals surface area contributed by atoms with Crippen LogP contribution in [-0.2, 0) is 28.8 Å². The van der Waals surface area contributed by atoms with Gasteiger partial charge in [0.2, 0.25) is 0 Å². The Labute approximate surface area is 448 Å². The summed E-state index contributed by atoms with van der Waals surface area (Å²) in [6.07, 6.45) is -5.43. The molecule has 0 aromatic carbocycles. The zero-order chi connectivity index (χ0) is 21.3. The molecule has 0 aromatic rings. The van der Waals surface area contributed by atoms with E-state index in [1.165, 1.54) is 0 Å². The van der Waals surface area contributed by atoms with Gasteiger partial charge in [-0.3, -0.25) is 0 Å². The Morgan fingerprint density at radius 3 is 0.618 bits per heavy atom. The molecule has 22 heteroatoms. The second kappa shape index (κ2) is 35.7. The van der Waals surface area contributed by atoms with Gasteiger partial charge >= 0.3 is 308 Å². The van der Waals surface area contributed by atoms with Gasteiger partial charge in [-0.2, -0.15) is 0 Å². The number of rotatable bonds is 10. The molecule has 0 spiro atoms. The number of aliphatic hydroxyl groups is 2. The molecule has 0 unspecified atom stereocenters. The van der Waals surface area contributed by atoms with Crippen LogP contribution in [0.5, 0.6) is 0 Å². The monoisotopic (exact) mass is 648 g/mol. The number of carbonyl (C=O) groups is 6. The molecule has 16 nitrogen and oxygen atoms in total. The average molecular weight is 649 g/mol. The van der Waals surface area contributed by atoms with Crippen LogP contribution in [0.3, 0.4) is 0 Å². The predicted octanol–water partition coefficient (Wildman–Crippen LogP) is -30.1. The molecular weight excluding hydrogens is 635 g/mol. The van der Waals surface area contributed by atoms with E-state index in [2.05, 4.69) is 0 Å². The number of carbonyl (C=O) groups excluding carboxylic acids is 6. The quantitative estimate of drug-likeness (QED) is 0.208. The molecule has 0 saturated heterocycles. The Morgan fingerprint density at radius 1 is 0.441 bits per heavy atom. The first-order valence-corrected chi connectivity index (χ1v) is 6.23. The summed E-state index contributed by atoms with van der Waals surface area (Å²) in [5.74, 6) is -12.0. The molecule has 0 rings (SSSR count). The number of carboxylic acids is 6. The van der Waals surface area contributed by atoms with Crippen LogP contribution in [0.4, 0.5) is 0 Å². The van der Waals surface area contributed by atoms with Crippen LogP contribution < -0.4 is 339 Å². The van der Waals surface area contributed by atoms with Crippen LogP contribution in [0, 0.1) is 0 Å². The molecule has 0 saturated carbocycles. The molecule has 0 bridgehead atoms. The van der Waals surface area contributed by atoms with Gasteiger partial charge in [-0.25, -0.2) is 0 Å². The van der Waals surface area contributed by atoms with Crippen molar-refractivity contribution < 1.29 is 389 Å². The van der Waals surface area contributed by atoms with Gasteiger partial charge in [-0.15, -0.1) is 0 Å². The molecule has 0 aliphatic heterocycles. The van der Waals surface area contributed by atoms with E-state index in [0.717, 1.165) is 0 Å². The third-order valence-electron chi connectivity index (χ3n) is 2.51. The first kappa shape index (κ1) is 67.9. The van der Waals surface area contributed by atoms with Crippen molar-refractivity contribution in [1.82, 2.24) is 0 Å². The van der Waals surface area contributed by atoms with Crippen molar-refractivity contribution >= 4 is 35.8 Å². The zero-order valence-corrected chi connectivity index (χ0v) is 38.4. The molecule has 164 valence electrons. The summed E-state index contributed by atoms with van der Waals surface area (Å²) in [6, 6.07) is 0. The summed E-state index contributed by atoms with van der Waals surface area (Å²) in [5.41, 5.74) is -5.95. The van der Waals surface area contributed by atoms with Gasteiger partial charge in [0, 0.05) is 49.6 Å². The van der Waals surface area contributed by atoms with E-state index >= 15 is 0 Å². The molecule has 6 N–H and O–H groups in total. The number of carboxylic acid groups (broad SMARTS) is 6. The van der Waals surface area contributed by atoms with Crippen molar-refractivity contribution in [2.24, 2.45) is 0 Å². The Kier molecular flexibility index (Phi) is 71.3. The maximum Gasteiger partial charge on any atom is 1.00 e. The van der Waals surface area contributed by atoms with E-state index in [0.29, 0.717) is 0 Å². The Balaban J connectivity index is -0.0000000343. The van der Waals surface area contributed by atoms with Crippen molar-refractivity contribution in [3.05, 3.63) is 0 Å². The molecule has 34 heavy (non-hydrogen) atoms. The van der Waals surface area contributed by atoms with Crippen LogP contribution in [0.25, 0.3) is 0 Å². The third kappa shape index (κ3) is 36.5. The minimum Gasteiger partial charge on any atom is -0.550 e.